The lowest BCUT2D eigenvalue weighted by Crippen LogP contribution is -2.19. The van der Waals surface area contributed by atoms with E-state index in [1.165, 1.54) is 12.1 Å². The van der Waals surface area contributed by atoms with E-state index in [2.05, 4.69) is 5.32 Å². The van der Waals surface area contributed by atoms with Crippen LogP contribution in [0, 0.1) is 10.1 Å². The molecule has 6 heteroatoms. The summed E-state index contributed by atoms with van der Waals surface area (Å²) in [6, 6.07) is 12.9. The van der Waals surface area contributed by atoms with Crippen molar-refractivity contribution < 1.29 is 9.72 Å². The minimum absolute atomic E-state index is 0.00235. The first-order valence-corrected chi connectivity index (χ1v) is 6.66. The maximum absolute atomic E-state index is 12.2. The minimum atomic E-state index is -0.474. The molecule has 0 heterocycles. The monoisotopic (exact) mass is 304 g/mol. The normalized spacial score (nSPS) is 11.7. The van der Waals surface area contributed by atoms with Crippen molar-refractivity contribution >= 4 is 28.9 Å². The van der Waals surface area contributed by atoms with Crippen molar-refractivity contribution in [3.05, 3.63) is 69.2 Å². The molecule has 0 fully saturated rings. The smallest absolute Gasteiger partial charge is 0.269 e. The molecule has 1 amide bonds. The third-order valence-electron chi connectivity index (χ3n) is 3.13. The van der Waals surface area contributed by atoms with Gasteiger partial charge in [-0.15, -0.1) is 0 Å². The van der Waals surface area contributed by atoms with E-state index in [4.69, 9.17) is 11.6 Å². The van der Waals surface area contributed by atoms with Crippen LogP contribution in [0.2, 0.25) is 5.02 Å². The molecule has 2 aromatic carbocycles. The molecule has 0 saturated heterocycles. The van der Waals surface area contributed by atoms with E-state index in [9.17, 15) is 14.9 Å². The molecular formula is C15H13ClN2O3. The zero-order valence-corrected chi connectivity index (χ0v) is 12.0. The summed E-state index contributed by atoms with van der Waals surface area (Å²) in [5.41, 5.74) is 1.24. The molecule has 1 atom stereocenters. The Labute approximate surface area is 126 Å². The number of carbonyl (C=O) groups excluding carboxylic acids is 1. The largest absolute Gasteiger partial charge is 0.324 e. The predicted molar refractivity (Wildman–Crippen MR) is 81.6 cm³/mol. The van der Waals surface area contributed by atoms with E-state index in [-0.39, 0.29) is 11.6 Å². The number of nitrogens with zero attached hydrogens (tertiary/aromatic N) is 1. The van der Waals surface area contributed by atoms with Crippen LogP contribution < -0.4 is 5.32 Å². The molecule has 21 heavy (non-hydrogen) atoms. The molecule has 1 N–H and O–H groups in total. The van der Waals surface area contributed by atoms with Gasteiger partial charge in [-0.05, 0) is 24.6 Å². The molecule has 0 aliphatic rings. The van der Waals surface area contributed by atoms with Crippen LogP contribution in [0.3, 0.4) is 0 Å². The number of nitro benzene ring substituents is 1. The Bertz CT molecular complexity index is 671. The Morgan fingerprint density at radius 3 is 2.38 bits per heavy atom. The highest BCUT2D eigenvalue weighted by Gasteiger charge is 2.17. The average Bonchev–Trinajstić information content (AvgIpc) is 2.49. The maximum atomic E-state index is 12.2. The first-order chi connectivity index (χ1) is 9.99. The molecule has 2 aromatic rings. The fraction of sp³-hybridized carbons (Fsp3) is 0.133. The van der Waals surface area contributed by atoms with Gasteiger partial charge in [0.15, 0.2) is 0 Å². The number of nitrogens with one attached hydrogen (secondary N) is 1. The van der Waals surface area contributed by atoms with Crippen LogP contribution in [-0.2, 0) is 4.79 Å². The Hall–Kier alpha value is -2.40. The Morgan fingerprint density at radius 2 is 1.81 bits per heavy atom. The number of anilines is 1. The zero-order chi connectivity index (χ0) is 15.4. The van der Waals surface area contributed by atoms with Gasteiger partial charge in [-0.1, -0.05) is 35.9 Å². The average molecular weight is 305 g/mol. The third-order valence-corrected chi connectivity index (χ3v) is 3.46. The minimum Gasteiger partial charge on any atom is -0.324 e. The summed E-state index contributed by atoms with van der Waals surface area (Å²) >= 11 is 5.98. The number of amides is 1. The first kappa shape index (κ1) is 15.0. The number of halogens is 1. The Balaban J connectivity index is 2.12. The molecule has 0 unspecified atom stereocenters. The summed E-state index contributed by atoms with van der Waals surface area (Å²) in [7, 11) is 0. The van der Waals surface area contributed by atoms with E-state index in [1.807, 2.05) is 0 Å². The van der Waals surface area contributed by atoms with Gasteiger partial charge >= 0.3 is 0 Å². The van der Waals surface area contributed by atoms with Crippen LogP contribution in [0.15, 0.2) is 48.5 Å². The van der Waals surface area contributed by atoms with Crippen LogP contribution in [0.25, 0.3) is 0 Å². The molecule has 0 saturated carbocycles. The number of non-ortho nitro benzene ring substituents is 1. The molecule has 5 nitrogen and oxygen atoms in total. The molecule has 0 aliphatic heterocycles. The number of rotatable bonds is 4. The SMILES string of the molecule is C[C@@H](C(=O)Nc1ccccc1Cl)c1ccc([N+](=O)[O-])cc1. The quantitative estimate of drug-likeness (QED) is 0.685. The summed E-state index contributed by atoms with van der Waals surface area (Å²) in [6.45, 7) is 1.73. The number of carbonyl (C=O) groups is 1. The topological polar surface area (TPSA) is 72.2 Å². The fourth-order valence-electron chi connectivity index (χ4n) is 1.84. The van der Waals surface area contributed by atoms with Crippen molar-refractivity contribution in [1.29, 1.82) is 0 Å². The van der Waals surface area contributed by atoms with Crippen LogP contribution in [0.4, 0.5) is 11.4 Å². The first-order valence-electron chi connectivity index (χ1n) is 6.29. The second-order valence-corrected chi connectivity index (χ2v) is 4.95. The van der Waals surface area contributed by atoms with E-state index < -0.39 is 10.8 Å². The predicted octanol–water partition coefficient (Wildman–Crippen LogP) is 3.99. The van der Waals surface area contributed by atoms with Gasteiger partial charge in [0.2, 0.25) is 5.91 Å². The molecule has 0 bridgehead atoms. The van der Waals surface area contributed by atoms with E-state index >= 15 is 0 Å². The van der Waals surface area contributed by atoms with Crippen LogP contribution in [0.5, 0.6) is 0 Å². The van der Waals surface area contributed by atoms with Crippen molar-refractivity contribution in [3.63, 3.8) is 0 Å². The second kappa shape index (κ2) is 6.37. The molecule has 0 radical (unpaired) electrons. The van der Waals surface area contributed by atoms with Gasteiger partial charge in [0.25, 0.3) is 5.69 Å². The Kier molecular flexibility index (Phi) is 4.55. The molecule has 0 spiro atoms. The highest BCUT2D eigenvalue weighted by molar-refractivity contribution is 6.33. The number of para-hydroxylation sites is 1. The van der Waals surface area contributed by atoms with Gasteiger partial charge in [-0.3, -0.25) is 14.9 Å². The lowest BCUT2D eigenvalue weighted by molar-refractivity contribution is -0.384. The number of nitro groups is 1. The van der Waals surface area contributed by atoms with Gasteiger partial charge in [-0.25, -0.2) is 0 Å². The van der Waals surface area contributed by atoms with Gasteiger partial charge in [0, 0.05) is 12.1 Å². The van der Waals surface area contributed by atoms with Crippen molar-refractivity contribution in [2.45, 2.75) is 12.8 Å². The molecule has 0 aromatic heterocycles. The maximum Gasteiger partial charge on any atom is 0.269 e. The van der Waals surface area contributed by atoms with Gasteiger partial charge in [-0.2, -0.15) is 0 Å². The third kappa shape index (κ3) is 3.58. The van der Waals surface area contributed by atoms with Crippen molar-refractivity contribution in [3.8, 4) is 0 Å². The second-order valence-electron chi connectivity index (χ2n) is 4.54. The highest BCUT2D eigenvalue weighted by Crippen LogP contribution is 2.24. The number of benzene rings is 2. The lowest BCUT2D eigenvalue weighted by Gasteiger charge is -2.13. The number of hydrogen-bond acceptors (Lipinski definition) is 3. The zero-order valence-electron chi connectivity index (χ0n) is 11.2. The van der Waals surface area contributed by atoms with Crippen LogP contribution in [-0.4, -0.2) is 10.8 Å². The van der Waals surface area contributed by atoms with E-state index in [0.29, 0.717) is 16.3 Å². The fourth-order valence-corrected chi connectivity index (χ4v) is 2.02. The van der Waals surface area contributed by atoms with Crippen molar-refractivity contribution in [1.82, 2.24) is 0 Å². The van der Waals surface area contributed by atoms with Gasteiger partial charge < -0.3 is 5.32 Å². The van der Waals surface area contributed by atoms with Gasteiger partial charge in [0.1, 0.15) is 0 Å². The van der Waals surface area contributed by atoms with E-state index in [0.717, 1.165) is 0 Å². The summed E-state index contributed by atoms with van der Waals surface area (Å²) in [4.78, 5) is 22.3. The van der Waals surface area contributed by atoms with Crippen molar-refractivity contribution in [2.75, 3.05) is 5.32 Å². The summed E-state index contributed by atoms with van der Waals surface area (Å²) in [5.74, 6) is -0.668. The molecular weight excluding hydrogens is 292 g/mol. The van der Waals surface area contributed by atoms with Crippen molar-refractivity contribution in [2.24, 2.45) is 0 Å². The van der Waals surface area contributed by atoms with Crippen LogP contribution >= 0.6 is 11.6 Å². The summed E-state index contributed by atoms with van der Waals surface area (Å²) < 4.78 is 0. The Morgan fingerprint density at radius 1 is 1.19 bits per heavy atom. The van der Waals surface area contributed by atoms with Crippen LogP contribution in [0.1, 0.15) is 18.4 Å². The molecule has 0 aliphatic carbocycles. The molecule has 2 rings (SSSR count). The van der Waals surface area contributed by atoms with E-state index in [1.54, 1.807) is 43.3 Å². The van der Waals surface area contributed by atoms with Gasteiger partial charge in [0.05, 0.1) is 21.6 Å². The lowest BCUT2D eigenvalue weighted by atomic mass is 10.00. The highest BCUT2D eigenvalue weighted by atomic mass is 35.5. The molecule has 108 valence electrons. The standard InChI is InChI=1S/C15H13ClN2O3/c1-10(11-6-8-12(9-7-11)18(20)21)15(19)17-14-5-3-2-4-13(14)16/h2-10H,1H3,(H,17,19)/t10-/m1/s1. The summed E-state index contributed by atoms with van der Waals surface area (Å²) in [5, 5.41) is 13.8. The number of hydrogen-bond donors (Lipinski definition) is 1. The summed E-state index contributed by atoms with van der Waals surface area (Å²) in [6.07, 6.45) is 0.